The number of hydrogen-bond donors (Lipinski definition) is 2. The van der Waals surface area contributed by atoms with Crippen molar-refractivity contribution in [2.45, 2.75) is 25.3 Å². The molecule has 2 aliphatic heterocycles. The summed E-state index contributed by atoms with van der Waals surface area (Å²) in [4.78, 5) is 14.8. The van der Waals surface area contributed by atoms with Crippen molar-refractivity contribution in [3.63, 3.8) is 0 Å². The minimum absolute atomic E-state index is 0.0894. The Balaban J connectivity index is 1.36. The second-order valence-corrected chi connectivity index (χ2v) is 8.67. The summed E-state index contributed by atoms with van der Waals surface area (Å²) in [7, 11) is 1.68. The first kappa shape index (κ1) is 19.8. The van der Waals surface area contributed by atoms with Gasteiger partial charge in [0, 0.05) is 41.8 Å². The highest BCUT2D eigenvalue weighted by atomic mass is 35.5. The number of benzene rings is 2. The molecule has 3 heterocycles. The zero-order valence-electron chi connectivity index (χ0n) is 17.6. The zero-order valence-corrected chi connectivity index (χ0v) is 18.4. The van der Waals surface area contributed by atoms with Crippen molar-refractivity contribution in [3.8, 4) is 11.4 Å². The second-order valence-electron chi connectivity index (χ2n) is 8.23. The van der Waals surface area contributed by atoms with E-state index in [1.807, 2.05) is 36.1 Å². The van der Waals surface area contributed by atoms with E-state index in [1.54, 1.807) is 13.2 Å². The quantitative estimate of drug-likeness (QED) is 0.565. The first-order chi connectivity index (χ1) is 15.0. The molecule has 0 bridgehead atoms. The van der Waals surface area contributed by atoms with E-state index in [0.29, 0.717) is 18.1 Å². The lowest BCUT2D eigenvalue weighted by molar-refractivity contribution is 0.174. The molecule has 0 unspecified atom stereocenters. The number of halogens is 1. The Morgan fingerprint density at radius 1 is 1.16 bits per heavy atom. The third-order valence-electron chi connectivity index (χ3n) is 6.42. The van der Waals surface area contributed by atoms with Crippen LogP contribution in [0.3, 0.4) is 0 Å². The average Bonchev–Trinajstić information content (AvgIpc) is 3.28. The fraction of sp³-hybridized carbons (Fsp3) is 0.292. The summed E-state index contributed by atoms with van der Waals surface area (Å²) < 4.78 is 7.68. The van der Waals surface area contributed by atoms with Crippen LogP contribution in [0, 0.1) is 6.92 Å². The number of methoxy groups -OCH3 is 1. The van der Waals surface area contributed by atoms with Gasteiger partial charge in [0.2, 0.25) is 0 Å². The molecule has 1 saturated heterocycles. The largest absolute Gasteiger partial charge is 0.497 e. The lowest BCUT2D eigenvalue weighted by Gasteiger charge is -2.46. The van der Waals surface area contributed by atoms with Crippen molar-refractivity contribution in [2.24, 2.45) is 0 Å². The van der Waals surface area contributed by atoms with Gasteiger partial charge in [0.25, 0.3) is 0 Å². The van der Waals surface area contributed by atoms with Crippen molar-refractivity contribution in [1.29, 1.82) is 0 Å². The molecule has 3 aromatic rings. The number of likely N-dealkylation sites (tertiary alicyclic amines) is 1. The van der Waals surface area contributed by atoms with E-state index in [2.05, 4.69) is 39.6 Å². The number of fused-ring (bicyclic) bond motifs is 4. The number of nitrogens with one attached hydrogen (secondary N) is 2. The van der Waals surface area contributed by atoms with E-state index >= 15 is 0 Å². The maximum Gasteiger partial charge on any atom is 0.321 e. The van der Waals surface area contributed by atoms with Crippen molar-refractivity contribution in [1.82, 2.24) is 9.47 Å². The molecule has 0 aliphatic carbocycles. The normalized spacial score (nSPS) is 16.3. The van der Waals surface area contributed by atoms with E-state index in [0.717, 1.165) is 41.2 Å². The first-order valence-corrected chi connectivity index (χ1v) is 10.8. The molecule has 7 heteroatoms. The SMILES string of the molecule is COc1ccc2c(c1)NC1(CCN(C(=O)Nc3cc(Cl)ccc3C)CC1)c1cccn1-2. The van der Waals surface area contributed by atoms with Gasteiger partial charge in [-0.2, -0.15) is 0 Å². The lowest BCUT2D eigenvalue weighted by Crippen LogP contribution is -2.51. The van der Waals surface area contributed by atoms with E-state index < -0.39 is 0 Å². The Hall–Kier alpha value is -3.12. The molecule has 0 radical (unpaired) electrons. The van der Waals surface area contributed by atoms with Crippen LogP contribution in [0.2, 0.25) is 5.02 Å². The first-order valence-electron chi connectivity index (χ1n) is 10.5. The van der Waals surface area contributed by atoms with Crippen LogP contribution in [0.5, 0.6) is 5.75 Å². The predicted octanol–water partition coefficient (Wildman–Crippen LogP) is 5.40. The maximum atomic E-state index is 12.9. The van der Waals surface area contributed by atoms with Gasteiger partial charge in [0.15, 0.2) is 0 Å². The molecular weight excluding hydrogens is 412 g/mol. The number of nitrogens with zero attached hydrogens (tertiary/aromatic N) is 2. The van der Waals surface area contributed by atoms with Gasteiger partial charge in [0.05, 0.1) is 24.0 Å². The monoisotopic (exact) mass is 436 g/mol. The van der Waals surface area contributed by atoms with Crippen LogP contribution in [-0.2, 0) is 5.54 Å². The number of carbonyl (C=O) groups is 1. The number of piperidine rings is 1. The van der Waals surface area contributed by atoms with Crippen LogP contribution in [0.25, 0.3) is 5.69 Å². The smallest absolute Gasteiger partial charge is 0.321 e. The second kappa shape index (κ2) is 7.54. The summed E-state index contributed by atoms with van der Waals surface area (Å²) in [6, 6.07) is 15.8. The molecule has 2 N–H and O–H groups in total. The number of aryl methyl sites for hydroxylation is 1. The summed E-state index contributed by atoms with van der Waals surface area (Å²) >= 11 is 6.10. The molecule has 31 heavy (non-hydrogen) atoms. The standard InChI is InChI=1S/C24H25ClN4O2/c1-16-5-6-17(25)14-19(16)26-23(30)28-12-9-24(10-13-28)22-4-3-11-29(22)21-8-7-18(31-2)15-20(21)27-24/h3-8,11,14-15,27H,9-10,12-13H2,1-2H3,(H,26,30). The molecule has 160 valence electrons. The van der Waals surface area contributed by atoms with E-state index in [-0.39, 0.29) is 11.6 Å². The molecule has 2 amide bonds. The number of amides is 2. The summed E-state index contributed by atoms with van der Waals surface area (Å²) in [6.45, 7) is 3.27. The van der Waals surface area contributed by atoms with Gasteiger partial charge in [-0.05, 0) is 61.7 Å². The Labute approximate surface area is 186 Å². The number of urea groups is 1. The Morgan fingerprint density at radius 2 is 1.97 bits per heavy atom. The number of carbonyl (C=O) groups excluding carboxylic acids is 1. The minimum atomic E-state index is -0.217. The maximum absolute atomic E-state index is 12.9. The van der Waals surface area contributed by atoms with Gasteiger partial charge in [-0.3, -0.25) is 0 Å². The number of aromatic nitrogens is 1. The van der Waals surface area contributed by atoms with E-state index in [1.165, 1.54) is 5.69 Å². The number of rotatable bonds is 2. The molecule has 5 rings (SSSR count). The van der Waals surface area contributed by atoms with Gasteiger partial charge in [-0.25, -0.2) is 4.79 Å². The van der Waals surface area contributed by atoms with Crippen molar-refractivity contribution >= 4 is 29.0 Å². The van der Waals surface area contributed by atoms with Gasteiger partial charge >= 0.3 is 6.03 Å². The fourth-order valence-electron chi connectivity index (χ4n) is 4.65. The van der Waals surface area contributed by atoms with Crippen LogP contribution >= 0.6 is 11.6 Å². The third-order valence-corrected chi connectivity index (χ3v) is 6.66. The van der Waals surface area contributed by atoms with E-state index in [4.69, 9.17) is 16.3 Å². The molecule has 6 nitrogen and oxygen atoms in total. The fourth-order valence-corrected chi connectivity index (χ4v) is 4.82. The third kappa shape index (κ3) is 3.41. The molecule has 1 spiro atoms. The zero-order chi connectivity index (χ0) is 21.6. The van der Waals surface area contributed by atoms with Crippen LogP contribution < -0.4 is 15.4 Å². The topological polar surface area (TPSA) is 58.5 Å². The highest BCUT2D eigenvalue weighted by Gasteiger charge is 2.42. The van der Waals surface area contributed by atoms with Crippen LogP contribution in [-0.4, -0.2) is 35.7 Å². The van der Waals surface area contributed by atoms with Crippen molar-refractivity contribution < 1.29 is 9.53 Å². The summed E-state index contributed by atoms with van der Waals surface area (Å²) in [5, 5.41) is 7.41. The average molecular weight is 437 g/mol. The van der Waals surface area contributed by atoms with Gasteiger partial charge in [0.1, 0.15) is 5.75 Å². The van der Waals surface area contributed by atoms with Crippen LogP contribution in [0.4, 0.5) is 16.2 Å². The number of ether oxygens (including phenoxy) is 1. The molecule has 2 aliphatic rings. The number of anilines is 2. The Bertz CT molecular complexity index is 1150. The van der Waals surface area contributed by atoms with Crippen LogP contribution in [0.1, 0.15) is 24.1 Å². The number of hydrogen-bond acceptors (Lipinski definition) is 3. The Morgan fingerprint density at radius 3 is 2.74 bits per heavy atom. The molecule has 0 saturated carbocycles. The summed E-state index contributed by atoms with van der Waals surface area (Å²) in [5.41, 5.74) is 4.92. The Kier molecular flexibility index (Phi) is 4.82. The van der Waals surface area contributed by atoms with Crippen molar-refractivity contribution in [2.75, 3.05) is 30.8 Å². The lowest BCUT2D eigenvalue weighted by atomic mass is 9.82. The molecule has 2 aromatic carbocycles. The summed E-state index contributed by atoms with van der Waals surface area (Å²) in [5.74, 6) is 0.825. The minimum Gasteiger partial charge on any atom is -0.497 e. The van der Waals surface area contributed by atoms with Gasteiger partial charge in [-0.15, -0.1) is 0 Å². The van der Waals surface area contributed by atoms with Crippen LogP contribution in [0.15, 0.2) is 54.7 Å². The van der Waals surface area contributed by atoms with Crippen molar-refractivity contribution in [3.05, 3.63) is 71.0 Å². The highest BCUT2D eigenvalue weighted by molar-refractivity contribution is 6.31. The predicted molar refractivity (Wildman–Crippen MR) is 124 cm³/mol. The highest BCUT2D eigenvalue weighted by Crippen LogP contribution is 2.44. The van der Waals surface area contributed by atoms with E-state index in [9.17, 15) is 4.79 Å². The summed E-state index contributed by atoms with van der Waals surface area (Å²) in [6.07, 6.45) is 3.73. The molecular formula is C24H25ClN4O2. The molecule has 0 atom stereocenters. The van der Waals surface area contributed by atoms with Gasteiger partial charge in [-0.1, -0.05) is 17.7 Å². The molecule has 1 aromatic heterocycles. The molecule has 1 fully saturated rings. The van der Waals surface area contributed by atoms with Gasteiger partial charge < -0.3 is 24.8 Å².